The normalized spacial score (nSPS) is 23.7. The monoisotopic (exact) mass is 197 g/mol. The van der Waals surface area contributed by atoms with Crippen LogP contribution in [0.4, 0.5) is 0 Å². The molecule has 0 unspecified atom stereocenters. The summed E-state index contributed by atoms with van der Waals surface area (Å²) in [6.07, 6.45) is 0. The molecule has 2 rings (SSSR count). The van der Waals surface area contributed by atoms with Crippen LogP contribution in [0, 0.1) is 5.41 Å². The molecule has 0 atom stereocenters. The molecule has 0 radical (unpaired) electrons. The lowest BCUT2D eigenvalue weighted by molar-refractivity contribution is 0.268. The smallest absolute Gasteiger partial charge is 0.193 e. The highest BCUT2D eigenvalue weighted by atomic mass is 15.4. The molecule has 3 N–H and O–H groups in total. The van der Waals surface area contributed by atoms with Gasteiger partial charge in [-0.25, -0.2) is 0 Å². The standard InChI is InChI=1S/C9H19N5/c10-9(13-5-1-11-2-6-13)14-7-3-12-4-8-14/h10-12H,1-8H2. The van der Waals surface area contributed by atoms with Crippen molar-refractivity contribution in [2.75, 3.05) is 52.4 Å². The van der Waals surface area contributed by atoms with Crippen LogP contribution in [-0.4, -0.2) is 68.1 Å². The molecule has 0 amide bonds. The zero-order valence-electron chi connectivity index (χ0n) is 8.55. The van der Waals surface area contributed by atoms with Crippen LogP contribution in [0.1, 0.15) is 0 Å². The van der Waals surface area contributed by atoms with Gasteiger partial charge in [-0.1, -0.05) is 0 Å². The number of nitrogens with zero attached hydrogens (tertiary/aromatic N) is 2. The number of guanidine groups is 1. The minimum atomic E-state index is 0.716. The Morgan fingerprint density at radius 1 is 0.786 bits per heavy atom. The van der Waals surface area contributed by atoms with E-state index in [1.54, 1.807) is 0 Å². The fourth-order valence-electron chi connectivity index (χ4n) is 1.95. The van der Waals surface area contributed by atoms with Crippen LogP contribution in [-0.2, 0) is 0 Å². The zero-order valence-corrected chi connectivity index (χ0v) is 8.55. The molecule has 0 aromatic carbocycles. The van der Waals surface area contributed by atoms with Crippen molar-refractivity contribution >= 4 is 5.96 Å². The molecule has 0 bridgehead atoms. The summed E-state index contributed by atoms with van der Waals surface area (Å²) < 4.78 is 0. The minimum absolute atomic E-state index is 0.716. The minimum Gasteiger partial charge on any atom is -0.340 e. The zero-order chi connectivity index (χ0) is 9.80. The molecule has 14 heavy (non-hydrogen) atoms. The topological polar surface area (TPSA) is 54.4 Å². The first-order valence-corrected chi connectivity index (χ1v) is 5.38. The molecule has 0 spiro atoms. The number of hydrogen-bond donors (Lipinski definition) is 3. The Labute approximate surface area is 85.0 Å². The summed E-state index contributed by atoms with van der Waals surface area (Å²) in [6.45, 7) is 7.93. The van der Waals surface area contributed by atoms with Crippen LogP contribution >= 0.6 is 0 Å². The molecule has 2 aliphatic rings. The van der Waals surface area contributed by atoms with Gasteiger partial charge < -0.3 is 20.4 Å². The first-order chi connectivity index (χ1) is 6.88. The van der Waals surface area contributed by atoms with E-state index in [9.17, 15) is 0 Å². The lowest BCUT2D eigenvalue weighted by atomic mass is 10.3. The average Bonchev–Trinajstić information content (AvgIpc) is 2.30. The lowest BCUT2D eigenvalue weighted by Crippen LogP contribution is -2.55. The molecule has 0 saturated carbocycles. The van der Waals surface area contributed by atoms with E-state index in [1.807, 2.05) is 0 Å². The third-order valence-corrected chi connectivity index (χ3v) is 2.83. The molecule has 5 nitrogen and oxygen atoms in total. The molecule has 2 saturated heterocycles. The largest absolute Gasteiger partial charge is 0.340 e. The Morgan fingerprint density at radius 3 is 1.50 bits per heavy atom. The summed E-state index contributed by atoms with van der Waals surface area (Å²) in [5.74, 6) is 0.716. The fraction of sp³-hybridized carbons (Fsp3) is 0.889. The van der Waals surface area contributed by atoms with E-state index >= 15 is 0 Å². The third-order valence-electron chi connectivity index (χ3n) is 2.83. The summed E-state index contributed by atoms with van der Waals surface area (Å²) >= 11 is 0. The summed E-state index contributed by atoms with van der Waals surface area (Å²) in [7, 11) is 0. The summed E-state index contributed by atoms with van der Waals surface area (Å²) in [5.41, 5.74) is 0. The highest BCUT2D eigenvalue weighted by Crippen LogP contribution is 2.00. The van der Waals surface area contributed by atoms with Gasteiger partial charge in [-0.05, 0) is 0 Å². The van der Waals surface area contributed by atoms with E-state index in [4.69, 9.17) is 5.41 Å². The number of nitrogens with one attached hydrogen (secondary N) is 3. The Hall–Kier alpha value is -0.810. The number of piperazine rings is 2. The van der Waals surface area contributed by atoms with Crippen molar-refractivity contribution < 1.29 is 0 Å². The van der Waals surface area contributed by atoms with Crippen molar-refractivity contribution in [2.45, 2.75) is 0 Å². The first kappa shape index (κ1) is 9.73. The second-order valence-corrected chi connectivity index (χ2v) is 3.80. The molecule has 0 aromatic heterocycles. The van der Waals surface area contributed by atoms with Crippen molar-refractivity contribution in [1.29, 1.82) is 5.41 Å². The SMILES string of the molecule is N=C(N1CCNCC1)N1CCNCC1. The fourth-order valence-corrected chi connectivity index (χ4v) is 1.95. The van der Waals surface area contributed by atoms with Gasteiger partial charge in [0.05, 0.1) is 0 Å². The molecular formula is C9H19N5. The van der Waals surface area contributed by atoms with Crippen molar-refractivity contribution in [1.82, 2.24) is 20.4 Å². The number of hydrogen-bond acceptors (Lipinski definition) is 3. The van der Waals surface area contributed by atoms with Crippen LogP contribution in [0.25, 0.3) is 0 Å². The highest BCUT2D eigenvalue weighted by molar-refractivity contribution is 5.77. The highest BCUT2D eigenvalue weighted by Gasteiger charge is 2.19. The Kier molecular flexibility index (Phi) is 3.21. The molecule has 0 aromatic rings. The Bertz CT molecular complexity index is 173. The van der Waals surface area contributed by atoms with Gasteiger partial charge in [0.25, 0.3) is 0 Å². The summed E-state index contributed by atoms with van der Waals surface area (Å²) in [6, 6.07) is 0. The van der Waals surface area contributed by atoms with Crippen molar-refractivity contribution in [2.24, 2.45) is 0 Å². The van der Waals surface area contributed by atoms with E-state index in [0.29, 0.717) is 5.96 Å². The molecule has 2 heterocycles. The van der Waals surface area contributed by atoms with Crippen LogP contribution in [0.5, 0.6) is 0 Å². The Balaban J connectivity index is 1.85. The Morgan fingerprint density at radius 2 is 1.14 bits per heavy atom. The molecule has 80 valence electrons. The second kappa shape index (κ2) is 4.61. The predicted molar refractivity (Wildman–Crippen MR) is 56.6 cm³/mol. The molecule has 2 fully saturated rings. The second-order valence-electron chi connectivity index (χ2n) is 3.80. The van der Waals surface area contributed by atoms with Crippen LogP contribution in [0.15, 0.2) is 0 Å². The van der Waals surface area contributed by atoms with Crippen molar-refractivity contribution in [3.63, 3.8) is 0 Å². The summed E-state index contributed by atoms with van der Waals surface area (Å²) in [5, 5.41) is 14.7. The molecular weight excluding hydrogens is 178 g/mol. The lowest BCUT2D eigenvalue weighted by Gasteiger charge is -2.37. The van der Waals surface area contributed by atoms with Gasteiger partial charge in [0, 0.05) is 52.4 Å². The molecule has 5 heteroatoms. The predicted octanol–water partition coefficient (Wildman–Crippen LogP) is -1.27. The van der Waals surface area contributed by atoms with E-state index in [2.05, 4.69) is 20.4 Å². The molecule has 0 aliphatic carbocycles. The van der Waals surface area contributed by atoms with E-state index in [-0.39, 0.29) is 0 Å². The van der Waals surface area contributed by atoms with Gasteiger partial charge in [-0.2, -0.15) is 0 Å². The maximum Gasteiger partial charge on any atom is 0.193 e. The maximum atomic E-state index is 8.07. The third kappa shape index (κ3) is 2.16. The van der Waals surface area contributed by atoms with Gasteiger partial charge in [0.2, 0.25) is 0 Å². The van der Waals surface area contributed by atoms with E-state index in [1.165, 1.54) is 0 Å². The molecule has 2 aliphatic heterocycles. The van der Waals surface area contributed by atoms with E-state index in [0.717, 1.165) is 52.4 Å². The van der Waals surface area contributed by atoms with Crippen LogP contribution in [0.2, 0.25) is 0 Å². The van der Waals surface area contributed by atoms with Crippen molar-refractivity contribution in [3.05, 3.63) is 0 Å². The number of rotatable bonds is 0. The van der Waals surface area contributed by atoms with Crippen LogP contribution < -0.4 is 10.6 Å². The van der Waals surface area contributed by atoms with Crippen LogP contribution in [0.3, 0.4) is 0 Å². The van der Waals surface area contributed by atoms with E-state index < -0.39 is 0 Å². The maximum absolute atomic E-state index is 8.07. The van der Waals surface area contributed by atoms with Gasteiger partial charge >= 0.3 is 0 Å². The van der Waals surface area contributed by atoms with Gasteiger partial charge in [-0.3, -0.25) is 5.41 Å². The average molecular weight is 197 g/mol. The quantitative estimate of drug-likeness (QED) is 0.335. The van der Waals surface area contributed by atoms with Gasteiger partial charge in [0.15, 0.2) is 5.96 Å². The van der Waals surface area contributed by atoms with Gasteiger partial charge in [-0.15, -0.1) is 0 Å². The van der Waals surface area contributed by atoms with Gasteiger partial charge in [0.1, 0.15) is 0 Å². The van der Waals surface area contributed by atoms with Crippen molar-refractivity contribution in [3.8, 4) is 0 Å². The first-order valence-electron chi connectivity index (χ1n) is 5.38. The summed E-state index contributed by atoms with van der Waals surface area (Å²) in [4.78, 5) is 4.34.